The van der Waals surface area contributed by atoms with Crippen molar-refractivity contribution in [2.24, 2.45) is 0 Å². The lowest BCUT2D eigenvalue weighted by Crippen LogP contribution is -1.97. The summed E-state index contributed by atoms with van der Waals surface area (Å²) in [5.41, 5.74) is 3.03. The second-order valence-electron chi connectivity index (χ2n) is 3.86. The highest BCUT2D eigenvalue weighted by Gasteiger charge is 2.12. The summed E-state index contributed by atoms with van der Waals surface area (Å²) in [6, 6.07) is 6.19. The number of imidazole rings is 1. The van der Waals surface area contributed by atoms with Gasteiger partial charge in [0, 0.05) is 6.07 Å². The van der Waals surface area contributed by atoms with E-state index in [-0.39, 0.29) is 4.90 Å². The zero-order valence-electron chi connectivity index (χ0n) is 8.88. The van der Waals surface area contributed by atoms with Gasteiger partial charge in [-0.15, -0.1) is 0 Å². The van der Waals surface area contributed by atoms with Crippen molar-refractivity contribution in [3.05, 3.63) is 30.0 Å². The average Bonchev–Trinajstić information content (AvgIpc) is 2.71. The molecule has 6 nitrogen and oxygen atoms in total. The van der Waals surface area contributed by atoms with Gasteiger partial charge in [0.2, 0.25) is 0 Å². The molecular formula is C10H9N3O3S. The van der Waals surface area contributed by atoms with E-state index in [1.165, 1.54) is 12.1 Å². The molecule has 0 atom stereocenters. The van der Waals surface area contributed by atoms with E-state index in [1.54, 1.807) is 10.6 Å². The van der Waals surface area contributed by atoms with Gasteiger partial charge >= 0.3 is 0 Å². The first kappa shape index (κ1) is 10.3. The summed E-state index contributed by atoms with van der Waals surface area (Å²) in [7, 11) is -4.17. The van der Waals surface area contributed by atoms with Gasteiger partial charge in [0.1, 0.15) is 5.65 Å². The second-order valence-corrected chi connectivity index (χ2v) is 5.28. The summed E-state index contributed by atoms with van der Waals surface area (Å²) in [5, 5.41) is 4.27. The highest BCUT2D eigenvalue weighted by Crippen LogP contribution is 2.20. The van der Waals surface area contributed by atoms with E-state index in [9.17, 15) is 8.42 Å². The molecule has 0 bridgehead atoms. The molecule has 2 aromatic heterocycles. The van der Waals surface area contributed by atoms with Gasteiger partial charge in [-0.05, 0) is 25.1 Å². The van der Waals surface area contributed by atoms with E-state index in [4.69, 9.17) is 4.55 Å². The van der Waals surface area contributed by atoms with Crippen molar-refractivity contribution >= 4 is 26.8 Å². The zero-order valence-corrected chi connectivity index (χ0v) is 9.69. The molecule has 3 aromatic rings. The number of hydrogen-bond acceptors (Lipinski definition) is 3. The number of H-pyrrole nitrogens is 1. The number of nitrogens with one attached hydrogen (secondary N) is 1. The Balaban J connectivity index is 2.38. The SMILES string of the molecule is Cc1cc2[nH]c3cc(S(=O)(=O)O)ccc3n2n1. The third-order valence-electron chi connectivity index (χ3n) is 2.59. The minimum Gasteiger partial charge on any atom is -0.338 e. The number of fused-ring (bicyclic) bond motifs is 3. The van der Waals surface area contributed by atoms with Gasteiger partial charge in [-0.2, -0.15) is 13.5 Å². The molecule has 88 valence electrons. The molecule has 0 fully saturated rings. The molecule has 0 unspecified atom stereocenters. The van der Waals surface area contributed by atoms with Gasteiger partial charge in [0.25, 0.3) is 10.1 Å². The molecule has 0 aliphatic heterocycles. The van der Waals surface area contributed by atoms with Crippen LogP contribution in [0.2, 0.25) is 0 Å². The highest BCUT2D eigenvalue weighted by molar-refractivity contribution is 7.85. The van der Waals surface area contributed by atoms with E-state index in [1.807, 2.05) is 13.0 Å². The molecule has 2 heterocycles. The van der Waals surface area contributed by atoms with Crippen LogP contribution in [0.5, 0.6) is 0 Å². The summed E-state index contributed by atoms with van der Waals surface area (Å²) in [5.74, 6) is 0. The third-order valence-corrected chi connectivity index (χ3v) is 3.44. The number of aromatic nitrogens is 3. The number of nitrogens with zero attached hydrogens (tertiary/aromatic N) is 2. The molecule has 0 aliphatic carbocycles. The number of aryl methyl sites for hydroxylation is 1. The highest BCUT2D eigenvalue weighted by atomic mass is 32.2. The topological polar surface area (TPSA) is 87.5 Å². The molecule has 0 saturated carbocycles. The van der Waals surface area contributed by atoms with Crippen LogP contribution >= 0.6 is 0 Å². The van der Waals surface area contributed by atoms with E-state index >= 15 is 0 Å². The predicted molar refractivity (Wildman–Crippen MR) is 61.6 cm³/mol. The lowest BCUT2D eigenvalue weighted by molar-refractivity contribution is 0.483. The van der Waals surface area contributed by atoms with Gasteiger partial charge < -0.3 is 4.98 Å². The van der Waals surface area contributed by atoms with Crippen LogP contribution in [0.3, 0.4) is 0 Å². The lowest BCUT2D eigenvalue weighted by atomic mass is 10.3. The largest absolute Gasteiger partial charge is 0.338 e. The van der Waals surface area contributed by atoms with Gasteiger partial charge in [-0.25, -0.2) is 4.52 Å². The fourth-order valence-corrected chi connectivity index (χ4v) is 2.38. The van der Waals surface area contributed by atoms with Crippen LogP contribution < -0.4 is 0 Å². The van der Waals surface area contributed by atoms with Crippen LogP contribution in [0, 0.1) is 6.92 Å². The maximum absolute atomic E-state index is 11.0. The molecule has 1 aromatic carbocycles. The fourth-order valence-electron chi connectivity index (χ4n) is 1.87. The fraction of sp³-hybridized carbons (Fsp3) is 0.100. The molecule has 0 spiro atoms. The van der Waals surface area contributed by atoms with Gasteiger partial charge in [-0.1, -0.05) is 0 Å². The molecule has 3 rings (SSSR count). The maximum Gasteiger partial charge on any atom is 0.294 e. The van der Waals surface area contributed by atoms with Crippen molar-refractivity contribution in [2.45, 2.75) is 11.8 Å². The van der Waals surface area contributed by atoms with Crippen LogP contribution in [-0.4, -0.2) is 27.6 Å². The molecule has 17 heavy (non-hydrogen) atoms. The van der Waals surface area contributed by atoms with Gasteiger partial charge in [0.05, 0.1) is 21.6 Å². The monoisotopic (exact) mass is 251 g/mol. The van der Waals surface area contributed by atoms with E-state index < -0.39 is 10.1 Å². The summed E-state index contributed by atoms with van der Waals surface area (Å²) in [6.07, 6.45) is 0. The number of hydrogen-bond donors (Lipinski definition) is 2. The first-order valence-electron chi connectivity index (χ1n) is 4.91. The van der Waals surface area contributed by atoms with Crippen molar-refractivity contribution in [3.63, 3.8) is 0 Å². The Morgan fingerprint density at radius 2 is 2.12 bits per heavy atom. The Morgan fingerprint density at radius 3 is 2.82 bits per heavy atom. The smallest absolute Gasteiger partial charge is 0.294 e. The zero-order chi connectivity index (χ0) is 12.2. The summed E-state index contributed by atoms with van der Waals surface area (Å²) in [6.45, 7) is 1.87. The number of aromatic amines is 1. The van der Waals surface area contributed by atoms with Crippen molar-refractivity contribution in [3.8, 4) is 0 Å². The van der Waals surface area contributed by atoms with Gasteiger partial charge in [0.15, 0.2) is 0 Å². The van der Waals surface area contributed by atoms with Crippen LogP contribution in [-0.2, 0) is 10.1 Å². The predicted octanol–water partition coefficient (Wildman–Crippen LogP) is 1.37. The van der Waals surface area contributed by atoms with E-state index in [2.05, 4.69) is 10.1 Å². The van der Waals surface area contributed by atoms with Crippen LogP contribution in [0.15, 0.2) is 29.2 Å². The second kappa shape index (κ2) is 3.08. The quantitative estimate of drug-likeness (QED) is 0.639. The summed E-state index contributed by atoms with van der Waals surface area (Å²) >= 11 is 0. The maximum atomic E-state index is 11.0. The Kier molecular flexibility index (Phi) is 1.87. The molecule has 0 aliphatic rings. The molecule has 0 saturated heterocycles. The first-order valence-corrected chi connectivity index (χ1v) is 6.35. The number of rotatable bonds is 1. The van der Waals surface area contributed by atoms with Gasteiger partial charge in [-0.3, -0.25) is 4.55 Å². The molecule has 0 radical (unpaired) electrons. The lowest BCUT2D eigenvalue weighted by Gasteiger charge is -1.96. The van der Waals surface area contributed by atoms with Crippen LogP contribution in [0.4, 0.5) is 0 Å². The summed E-state index contributed by atoms with van der Waals surface area (Å²) < 4.78 is 32.7. The minimum absolute atomic E-state index is 0.133. The minimum atomic E-state index is -4.17. The van der Waals surface area contributed by atoms with Crippen LogP contribution in [0.1, 0.15) is 5.69 Å². The Morgan fingerprint density at radius 1 is 1.35 bits per heavy atom. The van der Waals surface area contributed by atoms with Crippen LogP contribution in [0.25, 0.3) is 16.7 Å². The average molecular weight is 251 g/mol. The van der Waals surface area contributed by atoms with Crippen molar-refractivity contribution in [1.29, 1.82) is 0 Å². The first-order chi connectivity index (χ1) is 7.95. The number of benzene rings is 1. The normalized spacial score (nSPS) is 12.6. The molecule has 7 heteroatoms. The van der Waals surface area contributed by atoms with E-state index in [0.29, 0.717) is 5.52 Å². The van der Waals surface area contributed by atoms with Crippen molar-refractivity contribution in [1.82, 2.24) is 14.6 Å². The molecule has 2 N–H and O–H groups in total. The molecule has 0 amide bonds. The standard InChI is InChI=1S/C10H9N3O3S/c1-6-4-10-11-8-5-7(17(14,15)16)2-3-9(8)13(10)12-6/h2-5,11H,1H3,(H,14,15,16). The van der Waals surface area contributed by atoms with Crippen molar-refractivity contribution in [2.75, 3.05) is 0 Å². The Labute approximate surface area is 96.6 Å². The Hall–Kier alpha value is -1.86. The Bertz CT molecular complexity index is 829. The van der Waals surface area contributed by atoms with E-state index in [0.717, 1.165) is 16.9 Å². The molecular weight excluding hydrogens is 242 g/mol. The van der Waals surface area contributed by atoms with Crippen molar-refractivity contribution < 1.29 is 13.0 Å². The third kappa shape index (κ3) is 1.51. The summed E-state index contributed by atoms with van der Waals surface area (Å²) in [4.78, 5) is 2.90.